The molecule has 5 rings (SSSR count). The molecular weight excluding hydrogens is 482 g/mol. The van der Waals surface area contributed by atoms with Crippen molar-refractivity contribution in [3.8, 4) is 28.7 Å². The highest BCUT2D eigenvalue weighted by molar-refractivity contribution is 6.31. The van der Waals surface area contributed by atoms with Gasteiger partial charge in [0.05, 0.1) is 32.5 Å². The smallest absolute Gasteiger partial charge is 0.231 e. The van der Waals surface area contributed by atoms with Crippen LogP contribution in [0.15, 0.2) is 54.3 Å². The Balaban J connectivity index is 1.41. The van der Waals surface area contributed by atoms with Crippen molar-refractivity contribution in [1.82, 2.24) is 4.90 Å². The van der Waals surface area contributed by atoms with E-state index in [0.717, 1.165) is 34.9 Å². The monoisotopic (exact) mass is 507 g/mol. The molecule has 2 aliphatic heterocycles. The zero-order chi connectivity index (χ0) is 25.2. The summed E-state index contributed by atoms with van der Waals surface area (Å²) >= 11 is 6.32. The zero-order valence-corrected chi connectivity index (χ0v) is 21.1. The number of rotatable bonds is 7. The van der Waals surface area contributed by atoms with Crippen molar-refractivity contribution in [2.75, 3.05) is 34.6 Å². The van der Waals surface area contributed by atoms with Gasteiger partial charge in [0.15, 0.2) is 17.3 Å². The van der Waals surface area contributed by atoms with Crippen molar-refractivity contribution >= 4 is 23.5 Å². The number of ether oxygens (including phenoxy) is 5. The molecule has 0 aliphatic carbocycles. The molecule has 0 fully saturated rings. The lowest BCUT2D eigenvalue weighted by atomic mass is 10.0. The van der Waals surface area contributed by atoms with Gasteiger partial charge >= 0.3 is 0 Å². The molecule has 2 aliphatic rings. The van der Waals surface area contributed by atoms with Crippen LogP contribution in [0.25, 0.3) is 6.08 Å². The third-order valence-corrected chi connectivity index (χ3v) is 6.73. The van der Waals surface area contributed by atoms with Crippen LogP contribution in [-0.2, 0) is 13.0 Å². The van der Waals surface area contributed by atoms with E-state index in [1.54, 1.807) is 45.6 Å². The van der Waals surface area contributed by atoms with Crippen LogP contribution in [0.5, 0.6) is 28.7 Å². The Morgan fingerprint density at radius 3 is 2.50 bits per heavy atom. The van der Waals surface area contributed by atoms with Crippen molar-refractivity contribution in [1.29, 1.82) is 0 Å². The van der Waals surface area contributed by atoms with Crippen LogP contribution in [0.3, 0.4) is 0 Å². The maximum Gasteiger partial charge on any atom is 0.231 e. The van der Waals surface area contributed by atoms with Crippen LogP contribution in [0.4, 0.5) is 0 Å². The van der Waals surface area contributed by atoms with Crippen molar-refractivity contribution in [3.63, 3.8) is 0 Å². The minimum atomic E-state index is -0.196. The van der Waals surface area contributed by atoms with Gasteiger partial charge in [-0.2, -0.15) is 0 Å². The number of Topliss-reactive ketones (excluding diaryl/α,β-unsaturated/α-hetero) is 1. The van der Waals surface area contributed by atoms with Gasteiger partial charge in [-0.1, -0.05) is 29.8 Å². The van der Waals surface area contributed by atoms with Gasteiger partial charge in [-0.3, -0.25) is 9.69 Å². The molecule has 186 valence electrons. The molecule has 0 saturated heterocycles. The van der Waals surface area contributed by atoms with Crippen molar-refractivity contribution in [3.05, 3.63) is 81.6 Å². The number of nitrogens with zero attached hydrogens (tertiary/aromatic N) is 1. The van der Waals surface area contributed by atoms with Gasteiger partial charge in [0.25, 0.3) is 0 Å². The van der Waals surface area contributed by atoms with Gasteiger partial charge in [-0.15, -0.1) is 0 Å². The quantitative estimate of drug-likeness (QED) is 0.398. The maximum absolute atomic E-state index is 13.2. The average Bonchev–Trinajstić information content (AvgIpc) is 3.23. The summed E-state index contributed by atoms with van der Waals surface area (Å²) in [5, 5.41) is 0.756. The fourth-order valence-electron chi connectivity index (χ4n) is 4.43. The first kappa shape index (κ1) is 24.0. The molecule has 36 heavy (non-hydrogen) atoms. The number of fused-ring (bicyclic) bond motifs is 3. The van der Waals surface area contributed by atoms with E-state index in [1.165, 1.54) is 0 Å². The molecule has 0 N–H and O–H groups in total. The Morgan fingerprint density at radius 2 is 1.75 bits per heavy atom. The van der Waals surface area contributed by atoms with E-state index in [9.17, 15) is 4.79 Å². The van der Waals surface area contributed by atoms with E-state index in [4.69, 9.17) is 35.3 Å². The first-order valence-corrected chi connectivity index (χ1v) is 11.9. The molecule has 8 heteroatoms. The second kappa shape index (κ2) is 10.1. The van der Waals surface area contributed by atoms with E-state index in [1.807, 2.05) is 30.3 Å². The standard InChI is InChI=1S/C28H26ClNO6/c1-32-23-14-25(34-3)24(33-2)12-18(23)13-26-27(31)19-8-9-22-20(28(19)36-26)15-30(16-35-22)11-10-17-6-4-5-7-21(17)29/h4-9,12-14H,10-11,15-16H2,1-3H3/b26-13-. The number of hydrogen-bond acceptors (Lipinski definition) is 7. The number of ketones is 1. The van der Waals surface area contributed by atoms with E-state index in [2.05, 4.69) is 4.90 Å². The summed E-state index contributed by atoms with van der Waals surface area (Å²) in [4.78, 5) is 15.4. The summed E-state index contributed by atoms with van der Waals surface area (Å²) in [6.45, 7) is 1.81. The Labute approximate surface area is 214 Å². The molecule has 7 nitrogen and oxygen atoms in total. The lowest BCUT2D eigenvalue weighted by Gasteiger charge is -2.29. The molecule has 0 saturated carbocycles. The van der Waals surface area contributed by atoms with E-state index in [-0.39, 0.29) is 11.5 Å². The van der Waals surface area contributed by atoms with Crippen molar-refractivity contribution < 1.29 is 28.5 Å². The second-order valence-electron chi connectivity index (χ2n) is 8.48. The second-order valence-corrected chi connectivity index (χ2v) is 8.88. The van der Waals surface area contributed by atoms with Gasteiger partial charge in [-0.25, -0.2) is 0 Å². The molecule has 0 amide bonds. The molecule has 0 atom stereocenters. The Morgan fingerprint density at radius 1 is 1.00 bits per heavy atom. The number of halogens is 1. The summed E-state index contributed by atoms with van der Waals surface area (Å²) < 4.78 is 28.4. The highest BCUT2D eigenvalue weighted by Crippen LogP contribution is 2.43. The maximum atomic E-state index is 13.2. The zero-order valence-electron chi connectivity index (χ0n) is 20.3. The van der Waals surface area contributed by atoms with Crippen molar-refractivity contribution in [2.24, 2.45) is 0 Å². The predicted octanol–water partition coefficient (Wildman–Crippen LogP) is 5.38. The van der Waals surface area contributed by atoms with Gasteiger partial charge in [-0.05, 0) is 42.3 Å². The molecule has 3 aromatic rings. The fourth-order valence-corrected chi connectivity index (χ4v) is 4.66. The first-order chi connectivity index (χ1) is 17.5. The molecule has 0 bridgehead atoms. The van der Waals surface area contributed by atoms with Gasteiger partial charge in [0.2, 0.25) is 5.78 Å². The average molecular weight is 508 g/mol. The molecule has 0 radical (unpaired) electrons. The minimum absolute atomic E-state index is 0.196. The molecule has 2 heterocycles. The molecule has 3 aromatic carbocycles. The predicted molar refractivity (Wildman–Crippen MR) is 137 cm³/mol. The van der Waals surface area contributed by atoms with Crippen LogP contribution in [0.2, 0.25) is 5.02 Å². The summed E-state index contributed by atoms with van der Waals surface area (Å²) in [6, 6.07) is 14.9. The number of carbonyl (C=O) groups is 1. The van der Waals surface area contributed by atoms with Gasteiger partial charge in [0.1, 0.15) is 24.0 Å². The number of benzene rings is 3. The van der Waals surface area contributed by atoms with E-state index in [0.29, 0.717) is 47.4 Å². The topological polar surface area (TPSA) is 66.5 Å². The Kier molecular flexibility index (Phi) is 6.76. The van der Waals surface area contributed by atoms with E-state index >= 15 is 0 Å². The Bertz CT molecular complexity index is 1350. The number of allylic oxidation sites excluding steroid dienone is 1. The minimum Gasteiger partial charge on any atom is -0.496 e. The van der Waals surface area contributed by atoms with Gasteiger partial charge < -0.3 is 23.7 Å². The van der Waals surface area contributed by atoms with Crippen LogP contribution in [-0.4, -0.2) is 45.3 Å². The van der Waals surface area contributed by atoms with Crippen LogP contribution >= 0.6 is 11.6 Å². The summed E-state index contributed by atoms with van der Waals surface area (Å²) in [7, 11) is 4.66. The largest absolute Gasteiger partial charge is 0.496 e. The van der Waals surface area contributed by atoms with Crippen LogP contribution in [0, 0.1) is 0 Å². The van der Waals surface area contributed by atoms with Crippen LogP contribution < -0.4 is 23.7 Å². The number of carbonyl (C=O) groups excluding carboxylic acids is 1. The lowest BCUT2D eigenvalue weighted by molar-refractivity contribution is 0.0950. The fraction of sp³-hybridized carbons (Fsp3) is 0.250. The first-order valence-electron chi connectivity index (χ1n) is 11.5. The molecular formula is C28H26ClNO6. The molecule has 0 unspecified atom stereocenters. The molecule has 0 spiro atoms. The summed E-state index contributed by atoms with van der Waals surface area (Å²) in [5.41, 5.74) is 3.09. The van der Waals surface area contributed by atoms with Crippen molar-refractivity contribution in [2.45, 2.75) is 13.0 Å². The van der Waals surface area contributed by atoms with E-state index < -0.39 is 0 Å². The third kappa shape index (κ3) is 4.47. The SMILES string of the molecule is COc1cc(OC)c(OC)cc1/C=C1\Oc2c(ccc3c2CN(CCc2ccccc2Cl)CO3)C1=O. The molecule has 0 aromatic heterocycles. The van der Waals surface area contributed by atoms with Gasteiger partial charge in [0, 0.05) is 29.7 Å². The number of methoxy groups -OCH3 is 3. The summed E-state index contributed by atoms with van der Waals surface area (Å²) in [5.74, 6) is 2.85. The highest BCUT2D eigenvalue weighted by atomic mass is 35.5. The number of hydrogen-bond donors (Lipinski definition) is 0. The summed E-state index contributed by atoms with van der Waals surface area (Å²) in [6.07, 6.45) is 2.45. The highest BCUT2D eigenvalue weighted by Gasteiger charge is 2.34. The lowest BCUT2D eigenvalue weighted by Crippen LogP contribution is -2.33. The normalized spacial score (nSPS) is 15.7. The third-order valence-electron chi connectivity index (χ3n) is 6.36. The van der Waals surface area contributed by atoms with Crippen LogP contribution in [0.1, 0.15) is 27.0 Å². The Hall–Kier alpha value is -3.68.